The van der Waals surface area contributed by atoms with Crippen molar-refractivity contribution in [2.75, 3.05) is 34.8 Å². The Bertz CT molecular complexity index is 1290. The molecule has 0 aliphatic carbocycles. The second kappa shape index (κ2) is 8.41. The van der Waals surface area contributed by atoms with Gasteiger partial charge in [0.05, 0.1) is 17.2 Å². The highest BCUT2D eigenvalue weighted by Crippen LogP contribution is 2.38. The molecular weight excluding hydrogens is 436 g/mol. The van der Waals surface area contributed by atoms with Crippen LogP contribution in [0.1, 0.15) is 40.0 Å². The minimum atomic E-state index is -0.982. The van der Waals surface area contributed by atoms with E-state index in [-0.39, 0.29) is 17.2 Å². The minimum Gasteiger partial charge on any atom is -0.478 e. The zero-order valence-electron chi connectivity index (χ0n) is 19.0. The number of anilines is 2. The molecule has 2 aliphatic heterocycles. The Morgan fingerprint density at radius 3 is 2.61 bits per heavy atom. The maximum atomic E-state index is 13.4. The third-order valence-electron chi connectivity index (χ3n) is 6.82. The van der Waals surface area contributed by atoms with Gasteiger partial charge in [0.25, 0.3) is 5.56 Å². The molecule has 172 valence electrons. The molecule has 0 bridgehead atoms. The summed E-state index contributed by atoms with van der Waals surface area (Å²) in [6.45, 7) is 7.68. The lowest BCUT2D eigenvalue weighted by Gasteiger charge is -2.23. The number of carbonyl (C=O) groups is 1. The molecule has 2 N–H and O–H groups in total. The monoisotopic (exact) mass is 464 g/mol. The highest BCUT2D eigenvalue weighted by Gasteiger charge is 2.38. The first-order valence-electron chi connectivity index (χ1n) is 11.3. The van der Waals surface area contributed by atoms with E-state index in [0.29, 0.717) is 28.7 Å². The fraction of sp³-hybridized carbons (Fsp3) is 0.400. The van der Waals surface area contributed by atoms with Crippen molar-refractivity contribution in [1.82, 2.24) is 9.38 Å². The Kier molecular flexibility index (Phi) is 5.56. The highest BCUT2D eigenvalue weighted by molar-refractivity contribution is 7.99. The van der Waals surface area contributed by atoms with Crippen LogP contribution >= 0.6 is 11.8 Å². The maximum Gasteiger partial charge on any atom is 0.337 e. The Hall–Kier alpha value is -3.00. The Morgan fingerprint density at radius 1 is 1.21 bits per heavy atom. The number of rotatable bonds is 5. The van der Waals surface area contributed by atoms with Gasteiger partial charge in [-0.3, -0.25) is 9.20 Å². The number of pyridine rings is 1. The van der Waals surface area contributed by atoms with Crippen molar-refractivity contribution in [3.63, 3.8) is 0 Å². The number of fused-ring (bicyclic) bond motifs is 2. The molecule has 1 aromatic carbocycles. The van der Waals surface area contributed by atoms with Gasteiger partial charge in [-0.25, -0.2) is 9.78 Å². The second-order valence-corrected chi connectivity index (χ2v) is 10.3. The van der Waals surface area contributed by atoms with Gasteiger partial charge in [0.1, 0.15) is 11.5 Å². The fourth-order valence-electron chi connectivity index (χ4n) is 5.08. The number of aromatic carboxylic acids is 1. The van der Waals surface area contributed by atoms with E-state index in [9.17, 15) is 14.7 Å². The van der Waals surface area contributed by atoms with Crippen LogP contribution in [-0.2, 0) is 0 Å². The maximum absolute atomic E-state index is 13.4. The SMILES string of the molecule is Cc1cc([C@@H](C)Nc2ccccc2C(=O)O)c2nc(N3CC4CSCC4C3)c(C)c(=O)n2c1. The molecule has 7 nitrogen and oxygen atoms in total. The van der Waals surface area contributed by atoms with Gasteiger partial charge in [-0.15, -0.1) is 0 Å². The summed E-state index contributed by atoms with van der Waals surface area (Å²) in [5, 5.41) is 12.9. The molecule has 2 saturated heterocycles. The van der Waals surface area contributed by atoms with Crippen LogP contribution in [0.15, 0.2) is 41.3 Å². The number of benzene rings is 1. The summed E-state index contributed by atoms with van der Waals surface area (Å²) in [6.07, 6.45) is 1.83. The van der Waals surface area contributed by atoms with Gasteiger partial charge in [-0.1, -0.05) is 12.1 Å². The van der Waals surface area contributed by atoms with Gasteiger partial charge in [-0.2, -0.15) is 11.8 Å². The van der Waals surface area contributed by atoms with Crippen molar-refractivity contribution in [2.24, 2.45) is 11.8 Å². The number of hydrogen-bond donors (Lipinski definition) is 2. The van der Waals surface area contributed by atoms with Crippen LogP contribution in [0.4, 0.5) is 11.5 Å². The molecule has 33 heavy (non-hydrogen) atoms. The van der Waals surface area contributed by atoms with Gasteiger partial charge in [-0.05, 0) is 67.9 Å². The second-order valence-electron chi connectivity index (χ2n) is 9.21. The smallest absolute Gasteiger partial charge is 0.337 e. The van der Waals surface area contributed by atoms with Crippen LogP contribution in [0.5, 0.6) is 0 Å². The number of carboxylic acids is 1. The van der Waals surface area contributed by atoms with E-state index in [1.165, 1.54) is 11.5 Å². The Balaban J connectivity index is 1.58. The zero-order chi connectivity index (χ0) is 23.3. The molecule has 5 rings (SSSR count). The molecule has 8 heteroatoms. The van der Waals surface area contributed by atoms with E-state index >= 15 is 0 Å². The summed E-state index contributed by atoms with van der Waals surface area (Å²) in [5.74, 6) is 3.50. The van der Waals surface area contributed by atoms with Crippen LogP contribution in [0.25, 0.3) is 5.65 Å². The summed E-state index contributed by atoms with van der Waals surface area (Å²) >= 11 is 2.02. The van der Waals surface area contributed by atoms with Crippen LogP contribution in [0.2, 0.25) is 0 Å². The normalized spacial score (nSPS) is 20.8. The summed E-state index contributed by atoms with van der Waals surface area (Å²) in [4.78, 5) is 32.3. The lowest BCUT2D eigenvalue weighted by molar-refractivity contribution is 0.0698. The molecule has 0 amide bonds. The minimum absolute atomic E-state index is 0.0514. The van der Waals surface area contributed by atoms with Crippen molar-refractivity contribution in [3.05, 3.63) is 69.1 Å². The van der Waals surface area contributed by atoms with Crippen LogP contribution in [0.3, 0.4) is 0 Å². The van der Waals surface area contributed by atoms with Crippen molar-refractivity contribution in [3.8, 4) is 0 Å². The largest absolute Gasteiger partial charge is 0.478 e. The first-order valence-corrected chi connectivity index (χ1v) is 12.4. The molecule has 2 unspecified atom stereocenters. The molecule has 0 radical (unpaired) electrons. The van der Waals surface area contributed by atoms with Gasteiger partial charge < -0.3 is 15.3 Å². The van der Waals surface area contributed by atoms with E-state index in [4.69, 9.17) is 4.98 Å². The third-order valence-corrected chi connectivity index (χ3v) is 8.15. The molecule has 4 heterocycles. The van der Waals surface area contributed by atoms with E-state index < -0.39 is 5.97 Å². The molecular formula is C25H28N4O3S. The number of carboxylic acid groups (broad SMARTS) is 1. The van der Waals surface area contributed by atoms with Crippen molar-refractivity contribution in [1.29, 1.82) is 0 Å². The van der Waals surface area contributed by atoms with Crippen molar-refractivity contribution < 1.29 is 9.90 Å². The number of aromatic nitrogens is 2. The zero-order valence-corrected chi connectivity index (χ0v) is 19.9. The number of thioether (sulfide) groups is 1. The first kappa shape index (κ1) is 21.8. The molecule has 2 fully saturated rings. The van der Waals surface area contributed by atoms with E-state index in [1.807, 2.05) is 50.9 Å². The average Bonchev–Trinajstić information content (AvgIpc) is 3.38. The Labute approximate surface area is 196 Å². The summed E-state index contributed by atoms with van der Waals surface area (Å²) in [7, 11) is 0. The van der Waals surface area contributed by atoms with Gasteiger partial charge in [0.2, 0.25) is 0 Å². The lowest BCUT2D eigenvalue weighted by atomic mass is 10.0. The van der Waals surface area contributed by atoms with Crippen LogP contribution in [-0.4, -0.2) is 45.1 Å². The van der Waals surface area contributed by atoms with Gasteiger partial charge in [0, 0.05) is 30.5 Å². The summed E-state index contributed by atoms with van der Waals surface area (Å²) in [6, 6.07) is 8.63. The molecule has 3 aromatic rings. The predicted molar refractivity (Wildman–Crippen MR) is 133 cm³/mol. The standard InChI is InChI=1S/C25H28N4O3S/c1-14-8-20(16(3)26-21-7-5-4-6-19(21)25(31)32)23-27-22(15(2)24(30)29(23)9-14)28-10-17-12-33-13-18(17)11-28/h4-9,16-18,26H,10-13H2,1-3H3,(H,31,32)/t16-,17?,18?/m1/s1. The fourth-order valence-corrected chi connectivity index (χ4v) is 6.57. The predicted octanol–water partition coefficient (Wildman–Crippen LogP) is 3.98. The number of para-hydroxylation sites is 1. The number of aryl methyl sites for hydroxylation is 1. The molecule has 2 aromatic heterocycles. The van der Waals surface area contributed by atoms with Crippen molar-refractivity contribution >= 4 is 34.9 Å². The van der Waals surface area contributed by atoms with Gasteiger partial charge in [0.15, 0.2) is 0 Å². The van der Waals surface area contributed by atoms with Crippen LogP contribution < -0.4 is 15.8 Å². The molecule has 0 spiro atoms. The van der Waals surface area contributed by atoms with Crippen molar-refractivity contribution in [2.45, 2.75) is 26.8 Å². The molecule has 2 aliphatic rings. The first-order chi connectivity index (χ1) is 15.8. The number of nitrogens with one attached hydrogen (secondary N) is 1. The topological polar surface area (TPSA) is 86.9 Å². The Morgan fingerprint density at radius 2 is 1.91 bits per heavy atom. The average molecular weight is 465 g/mol. The number of hydrogen-bond acceptors (Lipinski definition) is 6. The van der Waals surface area contributed by atoms with E-state index in [0.717, 1.165) is 30.0 Å². The third kappa shape index (κ3) is 3.86. The highest BCUT2D eigenvalue weighted by atomic mass is 32.2. The lowest BCUT2D eigenvalue weighted by Crippen LogP contribution is -2.29. The van der Waals surface area contributed by atoms with Gasteiger partial charge >= 0.3 is 5.97 Å². The summed E-state index contributed by atoms with van der Waals surface area (Å²) in [5.41, 5.74) is 3.80. The van der Waals surface area contributed by atoms with Crippen LogP contribution in [0, 0.1) is 25.7 Å². The molecule has 0 saturated carbocycles. The summed E-state index contributed by atoms with van der Waals surface area (Å²) < 4.78 is 1.64. The van der Waals surface area contributed by atoms with E-state index in [2.05, 4.69) is 10.2 Å². The quantitative estimate of drug-likeness (QED) is 0.591. The van der Waals surface area contributed by atoms with E-state index in [1.54, 1.807) is 22.6 Å². The number of nitrogens with zero attached hydrogens (tertiary/aromatic N) is 3. The molecule has 3 atom stereocenters.